The minimum Gasteiger partial charge on any atom is -0.472 e. The zero-order chi connectivity index (χ0) is 29.3. The summed E-state index contributed by atoms with van der Waals surface area (Å²) in [6.07, 6.45) is 8.24. The van der Waals surface area contributed by atoms with Crippen molar-refractivity contribution in [2.75, 3.05) is 18.0 Å². The number of hydrogen-bond donors (Lipinski definition) is 0. The van der Waals surface area contributed by atoms with Gasteiger partial charge in [-0.15, -0.1) is 0 Å². The van der Waals surface area contributed by atoms with Gasteiger partial charge in [0.15, 0.2) is 5.60 Å². The largest absolute Gasteiger partial charge is 0.472 e. The first kappa shape index (κ1) is 26.3. The Morgan fingerprint density at radius 2 is 1.44 bits per heavy atom. The van der Waals surface area contributed by atoms with Crippen LogP contribution in [0.1, 0.15) is 66.5 Å². The molecule has 43 heavy (non-hydrogen) atoms. The average molecular weight is 566 g/mol. The van der Waals surface area contributed by atoms with E-state index in [1.165, 1.54) is 70.3 Å². The van der Waals surface area contributed by atoms with E-state index in [2.05, 4.69) is 105 Å². The van der Waals surface area contributed by atoms with Crippen molar-refractivity contribution >= 4 is 22.5 Å². The van der Waals surface area contributed by atoms with Crippen molar-refractivity contribution in [1.82, 2.24) is 0 Å². The summed E-state index contributed by atoms with van der Waals surface area (Å²) in [4.78, 5) is 2.48. The van der Waals surface area contributed by atoms with E-state index >= 15 is 0 Å². The van der Waals surface area contributed by atoms with Gasteiger partial charge in [0.2, 0.25) is 0 Å². The Kier molecular flexibility index (Phi) is 5.85. The number of hydrogen-bond acceptors (Lipinski definition) is 2. The molecule has 1 saturated heterocycles. The van der Waals surface area contributed by atoms with Crippen LogP contribution in [0.3, 0.4) is 0 Å². The number of fused-ring (bicyclic) bond motifs is 8. The highest BCUT2D eigenvalue weighted by Crippen LogP contribution is 2.58. The SMILES string of the molecule is Cc1ccc2c(c1)C(C)(C)c1c3c(c4ccccc4c1-2)OC(c1ccc(F)cc1)(c1ccc(N2CCCCC2)cc1)C=C3. The summed E-state index contributed by atoms with van der Waals surface area (Å²) < 4.78 is 21.6. The van der Waals surface area contributed by atoms with Gasteiger partial charge in [-0.2, -0.15) is 0 Å². The zero-order valence-electron chi connectivity index (χ0n) is 25.1. The van der Waals surface area contributed by atoms with Crippen molar-refractivity contribution in [3.05, 3.63) is 136 Å². The summed E-state index contributed by atoms with van der Waals surface area (Å²) in [5, 5.41) is 2.30. The standard InChI is InChI=1S/C40H36FNO/c1-26-11-20-33-35(25-26)39(2,3)37-34-21-22-40(27-12-16-29(41)17-13-27,43-38(34)32-10-6-5-9-31(32)36(33)37)28-14-18-30(19-15-28)42-23-7-4-8-24-42/h5-6,9-22,25H,4,7-8,23-24H2,1-3H3. The van der Waals surface area contributed by atoms with Crippen LogP contribution in [0.15, 0.2) is 97.1 Å². The zero-order valence-corrected chi connectivity index (χ0v) is 25.1. The minimum atomic E-state index is -0.898. The second-order valence-corrected chi connectivity index (χ2v) is 13.0. The quantitative estimate of drug-likeness (QED) is 0.216. The first-order chi connectivity index (χ1) is 20.9. The van der Waals surface area contributed by atoms with Gasteiger partial charge in [-0.25, -0.2) is 4.39 Å². The van der Waals surface area contributed by atoms with Crippen molar-refractivity contribution in [3.8, 4) is 16.9 Å². The lowest BCUT2D eigenvalue weighted by atomic mass is 9.76. The Balaban J connectivity index is 1.35. The van der Waals surface area contributed by atoms with Crippen molar-refractivity contribution in [2.45, 2.75) is 51.0 Å². The Bertz CT molecular complexity index is 1910. The number of halogens is 1. The molecule has 2 heterocycles. The molecule has 0 bridgehead atoms. The second kappa shape index (κ2) is 9.57. The number of piperidine rings is 1. The number of aryl methyl sites for hydroxylation is 1. The molecular formula is C40H36FNO. The van der Waals surface area contributed by atoms with Gasteiger partial charge in [0, 0.05) is 46.3 Å². The predicted octanol–water partition coefficient (Wildman–Crippen LogP) is 9.93. The smallest absolute Gasteiger partial charge is 0.178 e. The van der Waals surface area contributed by atoms with E-state index in [0.29, 0.717) is 0 Å². The van der Waals surface area contributed by atoms with Gasteiger partial charge >= 0.3 is 0 Å². The van der Waals surface area contributed by atoms with Crippen molar-refractivity contribution < 1.29 is 9.13 Å². The van der Waals surface area contributed by atoms with E-state index in [4.69, 9.17) is 4.74 Å². The van der Waals surface area contributed by atoms with Crippen LogP contribution in [0.5, 0.6) is 5.75 Å². The van der Waals surface area contributed by atoms with E-state index in [1.54, 1.807) is 0 Å². The molecule has 1 unspecified atom stereocenters. The highest BCUT2D eigenvalue weighted by Gasteiger charge is 2.44. The highest BCUT2D eigenvalue weighted by atomic mass is 19.1. The van der Waals surface area contributed by atoms with Gasteiger partial charge in [-0.1, -0.05) is 92.2 Å². The second-order valence-electron chi connectivity index (χ2n) is 13.0. The van der Waals surface area contributed by atoms with Crippen LogP contribution in [-0.2, 0) is 11.0 Å². The molecule has 0 N–H and O–H groups in total. The lowest BCUT2D eigenvalue weighted by Crippen LogP contribution is -2.35. The van der Waals surface area contributed by atoms with Crippen LogP contribution in [0.2, 0.25) is 0 Å². The fourth-order valence-electron chi connectivity index (χ4n) is 7.79. The van der Waals surface area contributed by atoms with E-state index in [-0.39, 0.29) is 11.2 Å². The van der Waals surface area contributed by atoms with Gasteiger partial charge in [0.25, 0.3) is 0 Å². The third-order valence-corrected chi connectivity index (χ3v) is 9.99. The van der Waals surface area contributed by atoms with Gasteiger partial charge in [0.1, 0.15) is 11.6 Å². The molecule has 8 rings (SSSR count). The molecule has 1 fully saturated rings. The Hall–Kier alpha value is -4.37. The third kappa shape index (κ3) is 3.90. The van der Waals surface area contributed by atoms with E-state index in [0.717, 1.165) is 40.9 Å². The fourth-order valence-corrected chi connectivity index (χ4v) is 7.79. The first-order valence-corrected chi connectivity index (χ1v) is 15.6. The summed E-state index contributed by atoms with van der Waals surface area (Å²) in [5.41, 5.74) is 9.79. The summed E-state index contributed by atoms with van der Waals surface area (Å²) >= 11 is 0. The van der Waals surface area contributed by atoms with Crippen LogP contribution in [0.4, 0.5) is 10.1 Å². The molecular weight excluding hydrogens is 529 g/mol. The maximum atomic E-state index is 14.2. The topological polar surface area (TPSA) is 12.5 Å². The number of nitrogens with zero attached hydrogens (tertiary/aromatic N) is 1. The van der Waals surface area contributed by atoms with Crippen molar-refractivity contribution in [2.24, 2.45) is 0 Å². The van der Waals surface area contributed by atoms with Crippen LogP contribution in [-0.4, -0.2) is 13.1 Å². The number of benzene rings is 5. The molecule has 2 nitrogen and oxygen atoms in total. The maximum absolute atomic E-state index is 14.2. The predicted molar refractivity (Wildman–Crippen MR) is 176 cm³/mol. The molecule has 5 aromatic rings. The molecule has 2 aliphatic heterocycles. The van der Waals surface area contributed by atoms with Gasteiger partial charge in [0.05, 0.1) is 0 Å². The Morgan fingerprint density at radius 3 is 2.16 bits per heavy atom. The number of ether oxygens (including phenoxy) is 1. The van der Waals surface area contributed by atoms with Gasteiger partial charge in [-0.05, 0) is 84.2 Å². The highest BCUT2D eigenvalue weighted by molar-refractivity contribution is 6.08. The third-order valence-electron chi connectivity index (χ3n) is 9.99. The Labute approximate surface area is 253 Å². The lowest BCUT2D eigenvalue weighted by Gasteiger charge is -2.38. The molecule has 0 radical (unpaired) electrons. The molecule has 0 spiro atoms. The fraction of sp³-hybridized carbons (Fsp3) is 0.250. The molecule has 0 amide bonds. The number of anilines is 1. The molecule has 214 valence electrons. The van der Waals surface area contributed by atoms with Crippen molar-refractivity contribution in [3.63, 3.8) is 0 Å². The van der Waals surface area contributed by atoms with Crippen LogP contribution in [0, 0.1) is 12.7 Å². The molecule has 1 atom stereocenters. The van der Waals surface area contributed by atoms with Gasteiger partial charge in [-0.3, -0.25) is 0 Å². The van der Waals surface area contributed by atoms with Crippen LogP contribution >= 0.6 is 0 Å². The maximum Gasteiger partial charge on any atom is 0.178 e. The van der Waals surface area contributed by atoms with Crippen molar-refractivity contribution in [1.29, 1.82) is 0 Å². The van der Waals surface area contributed by atoms with E-state index < -0.39 is 5.60 Å². The normalized spacial score (nSPS) is 20.0. The summed E-state index contributed by atoms with van der Waals surface area (Å²) in [6, 6.07) is 31.1. The van der Waals surface area contributed by atoms with E-state index in [9.17, 15) is 4.39 Å². The molecule has 5 aromatic carbocycles. The van der Waals surface area contributed by atoms with Crippen LogP contribution < -0.4 is 9.64 Å². The lowest BCUT2D eigenvalue weighted by molar-refractivity contribution is 0.163. The molecule has 1 aliphatic carbocycles. The summed E-state index contributed by atoms with van der Waals surface area (Å²) in [5.74, 6) is 0.636. The Morgan fingerprint density at radius 1 is 0.767 bits per heavy atom. The minimum absolute atomic E-state index is 0.190. The molecule has 0 saturated carbocycles. The van der Waals surface area contributed by atoms with Crippen LogP contribution in [0.25, 0.3) is 28.0 Å². The summed E-state index contributed by atoms with van der Waals surface area (Å²) in [6.45, 7) is 9.04. The molecule has 0 aromatic heterocycles. The monoisotopic (exact) mass is 565 g/mol. The molecule has 3 heteroatoms. The number of rotatable bonds is 3. The molecule has 3 aliphatic rings. The van der Waals surface area contributed by atoms with E-state index in [1.807, 2.05) is 12.1 Å². The van der Waals surface area contributed by atoms with Gasteiger partial charge < -0.3 is 9.64 Å². The summed E-state index contributed by atoms with van der Waals surface area (Å²) in [7, 11) is 0. The first-order valence-electron chi connectivity index (χ1n) is 15.6. The average Bonchev–Trinajstić information content (AvgIpc) is 3.28.